The van der Waals surface area contributed by atoms with Crippen molar-refractivity contribution in [3.63, 3.8) is 0 Å². The van der Waals surface area contributed by atoms with Crippen molar-refractivity contribution in [3.8, 4) is 33.4 Å². The molecule has 39 heavy (non-hydrogen) atoms. The molecule has 0 unspecified atom stereocenters. The van der Waals surface area contributed by atoms with E-state index < -0.39 is 0 Å². The molecule has 0 amide bonds. The van der Waals surface area contributed by atoms with Gasteiger partial charge >= 0.3 is 0 Å². The SMILES string of the molecule is C1=Cc2c(oc3ccc(-c4c5ccccc5c(-c5ccccc5-c5ccccc5)c5ccccc45)cc23)CC1. The minimum Gasteiger partial charge on any atom is -0.460 e. The van der Waals surface area contributed by atoms with Gasteiger partial charge in [-0.05, 0) is 73.5 Å². The molecule has 0 N–H and O–H groups in total. The summed E-state index contributed by atoms with van der Waals surface area (Å²) in [5.41, 5.74) is 9.73. The van der Waals surface area contributed by atoms with Crippen LogP contribution >= 0.6 is 0 Å². The topological polar surface area (TPSA) is 13.1 Å². The quantitative estimate of drug-likeness (QED) is 0.221. The highest BCUT2D eigenvalue weighted by atomic mass is 16.3. The van der Waals surface area contributed by atoms with Crippen LogP contribution < -0.4 is 0 Å². The number of furan rings is 1. The fourth-order valence-corrected chi connectivity index (χ4v) is 6.41. The standard InChI is InChI=1S/C38H26O/c1-2-12-25(13-3-1)27-14-4-5-16-29(27)38-32-19-8-6-17-30(32)37(31-18-7-9-20-33(31)38)26-22-23-36-34(24-26)28-15-10-11-21-35(28)39-36/h1-10,12-20,22-24H,11,21H2. The summed E-state index contributed by atoms with van der Waals surface area (Å²) in [6.45, 7) is 0. The Morgan fingerprint density at radius 2 is 1.10 bits per heavy atom. The summed E-state index contributed by atoms with van der Waals surface area (Å²) in [6, 6.07) is 44.0. The zero-order valence-corrected chi connectivity index (χ0v) is 21.5. The second kappa shape index (κ2) is 8.85. The van der Waals surface area contributed by atoms with E-state index in [9.17, 15) is 0 Å². The average Bonchev–Trinajstić information content (AvgIpc) is 3.38. The first-order valence-electron chi connectivity index (χ1n) is 13.7. The van der Waals surface area contributed by atoms with Gasteiger partial charge in [0.15, 0.2) is 0 Å². The van der Waals surface area contributed by atoms with Crippen LogP contribution in [0.15, 0.2) is 132 Å². The number of hydrogen-bond acceptors (Lipinski definition) is 1. The van der Waals surface area contributed by atoms with Gasteiger partial charge in [0.2, 0.25) is 0 Å². The van der Waals surface area contributed by atoms with E-state index in [1.165, 1.54) is 65.9 Å². The molecule has 1 aliphatic rings. The summed E-state index contributed by atoms with van der Waals surface area (Å²) < 4.78 is 6.24. The van der Waals surface area contributed by atoms with Crippen LogP contribution in [0.4, 0.5) is 0 Å². The second-order valence-electron chi connectivity index (χ2n) is 10.3. The lowest BCUT2D eigenvalue weighted by Gasteiger charge is -2.19. The van der Waals surface area contributed by atoms with Crippen molar-refractivity contribution in [1.29, 1.82) is 0 Å². The molecule has 0 atom stereocenters. The van der Waals surface area contributed by atoms with Crippen molar-refractivity contribution < 1.29 is 4.42 Å². The second-order valence-corrected chi connectivity index (χ2v) is 10.3. The normalized spacial score (nSPS) is 12.8. The molecule has 8 rings (SSSR count). The van der Waals surface area contributed by atoms with E-state index in [2.05, 4.69) is 133 Å². The highest BCUT2D eigenvalue weighted by Gasteiger charge is 2.20. The van der Waals surface area contributed by atoms with Crippen molar-refractivity contribution in [3.05, 3.63) is 139 Å². The lowest BCUT2D eigenvalue weighted by molar-refractivity contribution is 0.546. The summed E-state index contributed by atoms with van der Waals surface area (Å²) in [6.07, 6.45) is 6.50. The van der Waals surface area contributed by atoms with E-state index in [1.54, 1.807) is 0 Å². The molecule has 1 aromatic heterocycles. The van der Waals surface area contributed by atoms with Crippen molar-refractivity contribution >= 4 is 38.6 Å². The molecule has 0 radical (unpaired) electrons. The molecule has 0 bridgehead atoms. The number of allylic oxidation sites excluding steroid dienone is 1. The Hall–Kier alpha value is -4.88. The maximum absolute atomic E-state index is 6.24. The predicted molar refractivity (Wildman–Crippen MR) is 165 cm³/mol. The Balaban J connectivity index is 1.47. The monoisotopic (exact) mass is 498 g/mol. The average molecular weight is 499 g/mol. The molecule has 7 aromatic rings. The lowest BCUT2D eigenvalue weighted by atomic mass is 9.83. The van der Waals surface area contributed by atoms with Crippen molar-refractivity contribution in [2.75, 3.05) is 0 Å². The van der Waals surface area contributed by atoms with E-state index >= 15 is 0 Å². The van der Waals surface area contributed by atoms with Crippen LogP contribution in [0.5, 0.6) is 0 Å². The molecular formula is C38H26O. The van der Waals surface area contributed by atoms with Crippen molar-refractivity contribution in [1.82, 2.24) is 0 Å². The molecule has 0 saturated carbocycles. The maximum Gasteiger partial charge on any atom is 0.134 e. The van der Waals surface area contributed by atoms with Crippen LogP contribution in [-0.4, -0.2) is 0 Å². The van der Waals surface area contributed by atoms with Gasteiger partial charge in [0.25, 0.3) is 0 Å². The summed E-state index contributed by atoms with van der Waals surface area (Å²) >= 11 is 0. The summed E-state index contributed by atoms with van der Waals surface area (Å²) in [5.74, 6) is 1.10. The van der Waals surface area contributed by atoms with Crippen molar-refractivity contribution in [2.45, 2.75) is 12.8 Å². The van der Waals surface area contributed by atoms with Crippen LogP contribution in [0.2, 0.25) is 0 Å². The van der Waals surface area contributed by atoms with Gasteiger partial charge in [0.05, 0.1) is 0 Å². The Morgan fingerprint density at radius 1 is 0.487 bits per heavy atom. The molecule has 0 aliphatic heterocycles. The molecule has 1 nitrogen and oxygen atoms in total. The molecule has 1 heteroatoms. The lowest BCUT2D eigenvalue weighted by Crippen LogP contribution is -1.92. The molecule has 6 aromatic carbocycles. The minimum absolute atomic E-state index is 0.969. The van der Waals surface area contributed by atoms with E-state index in [0.29, 0.717) is 0 Å². The fourth-order valence-electron chi connectivity index (χ4n) is 6.41. The Kier molecular flexibility index (Phi) is 5.03. The number of hydrogen-bond donors (Lipinski definition) is 0. The van der Waals surface area contributed by atoms with E-state index in [0.717, 1.165) is 24.2 Å². The maximum atomic E-state index is 6.24. The van der Waals surface area contributed by atoms with Crippen molar-refractivity contribution in [2.24, 2.45) is 0 Å². The Morgan fingerprint density at radius 3 is 1.82 bits per heavy atom. The van der Waals surface area contributed by atoms with Gasteiger partial charge in [0.1, 0.15) is 11.3 Å². The Labute approximate surface area is 227 Å². The first-order valence-corrected chi connectivity index (χ1v) is 13.7. The van der Waals surface area contributed by atoms with Crippen LogP contribution in [0.25, 0.3) is 72.0 Å². The summed E-state index contributed by atoms with van der Waals surface area (Å²) in [5, 5.41) is 6.26. The molecule has 0 saturated heterocycles. The molecular weight excluding hydrogens is 472 g/mol. The number of benzene rings is 6. The third kappa shape index (κ3) is 3.47. The van der Waals surface area contributed by atoms with Gasteiger partial charge in [-0.1, -0.05) is 121 Å². The van der Waals surface area contributed by atoms with Gasteiger partial charge in [0, 0.05) is 17.4 Å². The molecule has 184 valence electrons. The predicted octanol–water partition coefficient (Wildman–Crippen LogP) is 10.7. The van der Waals surface area contributed by atoms with Crippen LogP contribution in [-0.2, 0) is 6.42 Å². The van der Waals surface area contributed by atoms with Crippen LogP contribution in [0.1, 0.15) is 17.7 Å². The van der Waals surface area contributed by atoms with E-state index in [-0.39, 0.29) is 0 Å². The smallest absolute Gasteiger partial charge is 0.134 e. The third-order valence-corrected chi connectivity index (χ3v) is 8.13. The molecule has 1 heterocycles. The highest BCUT2D eigenvalue weighted by molar-refractivity contribution is 6.22. The van der Waals surface area contributed by atoms with E-state index in [4.69, 9.17) is 4.42 Å². The van der Waals surface area contributed by atoms with Crippen LogP contribution in [0.3, 0.4) is 0 Å². The van der Waals surface area contributed by atoms with Gasteiger partial charge in [-0.3, -0.25) is 0 Å². The van der Waals surface area contributed by atoms with E-state index in [1.807, 2.05) is 0 Å². The zero-order chi connectivity index (χ0) is 25.8. The summed E-state index contributed by atoms with van der Waals surface area (Å²) in [7, 11) is 0. The first-order chi connectivity index (χ1) is 19.4. The fraction of sp³-hybridized carbons (Fsp3) is 0.0526. The van der Waals surface area contributed by atoms with Gasteiger partial charge < -0.3 is 4.42 Å². The Bertz CT molecular complexity index is 2000. The summed E-state index contributed by atoms with van der Waals surface area (Å²) in [4.78, 5) is 0. The number of rotatable bonds is 3. The largest absolute Gasteiger partial charge is 0.460 e. The third-order valence-electron chi connectivity index (χ3n) is 8.13. The zero-order valence-electron chi connectivity index (χ0n) is 21.5. The van der Waals surface area contributed by atoms with Crippen LogP contribution in [0, 0.1) is 0 Å². The minimum atomic E-state index is 0.969. The highest BCUT2D eigenvalue weighted by Crippen LogP contribution is 2.46. The van der Waals surface area contributed by atoms with Gasteiger partial charge in [-0.15, -0.1) is 0 Å². The first kappa shape index (κ1) is 22.1. The number of aryl methyl sites for hydroxylation is 1. The molecule has 0 spiro atoms. The van der Waals surface area contributed by atoms with Gasteiger partial charge in [-0.2, -0.15) is 0 Å². The molecule has 1 aliphatic carbocycles. The molecule has 0 fully saturated rings. The number of fused-ring (bicyclic) bond motifs is 5. The van der Waals surface area contributed by atoms with Gasteiger partial charge in [-0.25, -0.2) is 0 Å².